The van der Waals surface area contributed by atoms with E-state index in [1.165, 1.54) is 0 Å². The molecule has 1 saturated heterocycles. The molecule has 1 aromatic heterocycles. The number of aromatic nitrogens is 2. The zero-order chi connectivity index (χ0) is 17.3. The molecule has 1 aromatic carbocycles. The molecular formula is C18H23ClN4O. The van der Waals surface area contributed by atoms with Crippen LogP contribution in [-0.4, -0.2) is 51.7 Å². The standard InChI is InChI=1S/C18H23ClN4O/c1-13-16(12-20-21(13)3)18(24)23-10-8-22(9-11-23)14(2)15-6-4-5-7-17(15)19/h4-7,12,14H,8-11H2,1-3H3/t14-/m1/s1. The molecule has 5 nitrogen and oxygen atoms in total. The van der Waals surface area contributed by atoms with Crippen LogP contribution < -0.4 is 0 Å². The smallest absolute Gasteiger partial charge is 0.257 e. The minimum Gasteiger partial charge on any atom is -0.336 e. The van der Waals surface area contributed by atoms with Gasteiger partial charge in [-0.2, -0.15) is 5.10 Å². The summed E-state index contributed by atoms with van der Waals surface area (Å²) in [6.45, 7) is 7.23. The lowest BCUT2D eigenvalue weighted by Crippen LogP contribution is -2.49. The highest BCUT2D eigenvalue weighted by Crippen LogP contribution is 2.28. The van der Waals surface area contributed by atoms with Crippen LogP contribution in [0.2, 0.25) is 5.02 Å². The van der Waals surface area contributed by atoms with Gasteiger partial charge >= 0.3 is 0 Å². The predicted molar refractivity (Wildman–Crippen MR) is 95.3 cm³/mol. The summed E-state index contributed by atoms with van der Waals surface area (Å²) in [5, 5.41) is 4.97. The van der Waals surface area contributed by atoms with Gasteiger partial charge in [0.2, 0.25) is 0 Å². The van der Waals surface area contributed by atoms with Crippen LogP contribution in [0, 0.1) is 6.92 Å². The van der Waals surface area contributed by atoms with Crippen molar-refractivity contribution in [2.45, 2.75) is 19.9 Å². The number of amides is 1. The molecule has 2 heterocycles. The van der Waals surface area contributed by atoms with Crippen LogP contribution >= 0.6 is 11.6 Å². The summed E-state index contributed by atoms with van der Waals surface area (Å²) < 4.78 is 1.74. The normalized spacial score (nSPS) is 17.1. The number of piperazine rings is 1. The summed E-state index contributed by atoms with van der Waals surface area (Å²) in [5.74, 6) is 0.0747. The first-order chi connectivity index (χ1) is 11.5. The Morgan fingerprint density at radius 3 is 2.46 bits per heavy atom. The molecule has 0 spiro atoms. The second-order valence-corrected chi connectivity index (χ2v) is 6.70. The highest BCUT2D eigenvalue weighted by molar-refractivity contribution is 6.31. The van der Waals surface area contributed by atoms with E-state index in [4.69, 9.17) is 11.6 Å². The Balaban J connectivity index is 1.64. The molecule has 3 rings (SSSR count). The lowest BCUT2D eigenvalue weighted by atomic mass is 10.1. The Hall–Kier alpha value is -1.85. The Morgan fingerprint density at radius 2 is 1.88 bits per heavy atom. The predicted octanol–water partition coefficient (Wildman–Crippen LogP) is 2.90. The van der Waals surface area contributed by atoms with Gasteiger partial charge in [0.05, 0.1) is 11.8 Å². The maximum absolute atomic E-state index is 12.7. The molecule has 1 atom stereocenters. The van der Waals surface area contributed by atoms with Crippen molar-refractivity contribution in [3.63, 3.8) is 0 Å². The van der Waals surface area contributed by atoms with Crippen molar-refractivity contribution in [1.29, 1.82) is 0 Å². The number of hydrogen-bond acceptors (Lipinski definition) is 3. The first-order valence-corrected chi connectivity index (χ1v) is 8.63. The Kier molecular flexibility index (Phi) is 4.92. The quantitative estimate of drug-likeness (QED) is 0.858. The van der Waals surface area contributed by atoms with Crippen molar-refractivity contribution in [2.24, 2.45) is 7.05 Å². The van der Waals surface area contributed by atoms with Crippen LogP contribution in [0.5, 0.6) is 0 Å². The third-order valence-corrected chi connectivity index (χ3v) is 5.31. The van der Waals surface area contributed by atoms with E-state index in [1.54, 1.807) is 10.9 Å². The van der Waals surface area contributed by atoms with Gasteiger partial charge in [-0.15, -0.1) is 0 Å². The first kappa shape index (κ1) is 17.0. The van der Waals surface area contributed by atoms with E-state index in [2.05, 4.69) is 23.0 Å². The fourth-order valence-corrected chi connectivity index (χ4v) is 3.50. The van der Waals surface area contributed by atoms with Crippen molar-refractivity contribution >= 4 is 17.5 Å². The number of benzene rings is 1. The lowest BCUT2D eigenvalue weighted by Gasteiger charge is -2.38. The van der Waals surface area contributed by atoms with Crippen LogP contribution in [0.15, 0.2) is 30.5 Å². The average molecular weight is 347 g/mol. The van der Waals surface area contributed by atoms with Crippen LogP contribution in [0.25, 0.3) is 0 Å². The minimum absolute atomic E-state index is 0.0747. The second-order valence-electron chi connectivity index (χ2n) is 6.29. The fourth-order valence-electron chi connectivity index (χ4n) is 3.20. The molecule has 0 aliphatic carbocycles. The van der Waals surface area contributed by atoms with E-state index in [-0.39, 0.29) is 11.9 Å². The monoisotopic (exact) mass is 346 g/mol. The number of carbonyl (C=O) groups excluding carboxylic acids is 1. The summed E-state index contributed by atoms with van der Waals surface area (Å²) in [5.41, 5.74) is 2.75. The van der Waals surface area contributed by atoms with Crippen molar-refractivity contribution in [3.8, 4) is 0 Å². The van der Waals surface area contributed by atoms with E-state index >= 15 is 0 Å². The molecule has 1 aliphatic rings. The molecule has 1 aliphatic heterocycles. The summed E-state index contributed by atoms with van der Waals surface area (Å²) in [7, 11) is 1.86. The lowest BCUT2D eigenvalue weighted by molar-refractivity contribution is 0.0581. The SMILES string of the molecule is Cc1c(C(=O)N2CCN([C@H](C)c3ccccc3Cl)CC2)cnn1C. The van der Waals surface area contributed by atoms with Crippen LogP contribution in [0.4, 0.5) is 0 Å². The van der Waals surface area contributed by atoms with E-state index in [0.717, 1.165) is 42.5 Å². The van der Waals surface area contributed by atoms with Gasteiger partial charge in [-0.25, -0.2) is 0 Å². The van der Waals surface area contributed by atoms with Crippen molar-refractivity contribution in [2.75, 3.05) is 26.2 Å². The van der Waals surface area contributed by atoms with Gasteiger partial charge in [0.25, 0.3) is 5.91 Å². The number of hydrogen-bond donors (Lipinski definition) is 0. The Bertz CT molecular complexity index is 734. The molecule has 0 N–H and O–H groups in total. The maximum atomic E-state index is 12.7. The third kappa shape index (κ3) is 3.19. The molecule has 24 heavy (non-hydrogen) atoms. The molecule has 1 fully saturated rings. The van der Waals surface area contributed by atoms with Gasteiger partial charge < -0.3 is 4.90 Å². The molecular weight excluding hydrogens is 324 g/mol. The van der Waals surface area contributed by atoms with Crippen molar-refractivity contribution < 1.29 is 4.79 Å². The average Bonchev–Trinajstić information content (AvgIpc) is 2.93. The molecule has 0 unspecified atom stereocenters. The number of nitrogens with zero attached hydrogens (tertiary/aromatic N) is 4. The molecule has 0 bridgehead atoms. The number of aryl methyl sites for hydroxylation is 1. The van der Waals surface area contributed by atoms with Gasteiger partial charge in [0.1, 0.15) is 0 Å². The molecule has 1 amide bonds. The molecule has 2 aromatic rings. The second kappa shape index (κ2) is 6.95. The molecule has 0 radical (unpaired) electrons. The van der Waals surface area contributed by atoms with Crippen LogP contribution in [-0.2, 0) is 7.05 Å². The number of halogens is 1. The van der Waals surface area contributed by atoms with Gasteiger partial charge in [0, 0.05) is 50.0 Å². The Labute approximate surface area is 147 Å². The summed E-state index contributed by atoms with van der Waals surface area (Å²) >= 11 is 6.32. The zero-order valence-electron chi connectivity index (χ0n) is 14.4. The first-order valence-electron chi connectivity index (χ1n) is 8.25. The zero-order valence-corrected chi connectivity index (χ0v) is 15.1. The number of carbonyl (C=O) groups is 1. The molecule has 0 saturated carbocycles. The highest BCUT2D eigenvalue weighted by Gasteiger charge is 2.27. The van der Waals surface area contributed by atoms with E-state index < -0.39 is 0 Å². The van der Waals surface area contributed by atoms with Gasteiger partial charge in [-0.3, -0.25) is 14.4 Å². The van der Waals surface area contributed by atoms with Gasteiger partial charge in [0.15, 0.2) is 0 Å². The third-order valence-electron chi connectivity index (χ3n) is 4.97. The van der Waals surface area contributed by atoms with E-state index in [9.17, 15) is 4.79 Å². The fraction of sp³-hybridized carbons (Fsp3) is 0.444. The minimum atomic E-state index is 0.0747. The van der Waals surface area contributed by atoms with Crippen LogP contribution in [0.3, 0.4) is 0 Å². The highest BCUT2D eigenvalue weighted by atomic mass is 35.5. The summed E-state index contributed by atoms with van der Waals surface area (Å²) in [6.07, 6.45) is 1.66. The van der Waals surface area contributed by atoms with E-state index in [0.29, 0.717) is 5.56 Å². The van der Waals surface area contributed by atoms with Gasteiger partial charge in [-0.1, -0.05) is 29.8 Å². The summed E-state index contributed by atoms with van der Waals surface area (Å²) in [6, 6.07) is 8.21. The molecule has 6 heteroatoms. The van der Waals surface area contributed by atoms with E-state index in [1.807, 2.05) is 37.1 Å². The van der Waals surface area contributed by atoms with Crippen molar-refractivity contribution in [1.82, 2.24) is 19.6 Å². The largest absolute Gasteiger partial charge is 0.336 e. The van der Waals surface area contributed by atoms with Crippen LogP contribution in [0.1, 0.15) is 34.6 Å². The molecule has 128 valence electrons. The summed E-state index contributed by atoms with van der Waals surface area (Å²) in [4.78, 5) is 17.0. The van der Waals surface area contributed by atoms with Gasteiger partial charge in [-0.05, 0) is 25.5 Å². The maximum Gasteiger partial charge on any atom is 0.257 e. The topological polar surface area (TPSA) is 41.4 Å². The number of rotatable bonds is 3. The Morgan fingerprint density at radius 1 is 1.21 bits per heavy atom. The van der Waals surface area contributed by atoms with Crippen molar-refractivity contribution in [3.05, 3.63) is 52.3 Å².